The molecule has 4 heterocycles. The molecule has 2 aliphatic rings. The highest BCUT2D eigenvalue weighted by atomic mass is 16.2. The zero-order chi connectivity index (χ0) is 15.8. The predicted octanol–water partition coefficient (Wildman–Crippen LogP) is 1.71. The molecule has 2 aromatic rings. The summed E-state index contributed by atoms with van der Waals surface area (Å²) in [7, 11) is 0. The van der Waals surface area contributed by atoms with E-state index in [1.807, 2.05) is 10.7 Å². The Labute approximate surface area is 134 Å². The molecule has 0 bridgehead atoms. The van der Waals surface area contributed by atoms with Crippen LogP contribution >= 0.6 is 0 Å². The van der Waals surface area contributed by atoms with Gasteiger partial charge < -0.3 is 4.90 Å². The SMILES string of the molecule is CC1CCn2nccc2N1C(=O)c1ccnc(N2CCCC2)n1. The Kier molecular flexibility index (Phi) is 3.48. The standard InChI is InChI=1S/C16H20N6O/c1-12-6-11-21-14(5-8-18-21)22(12)15(23)13-4-7-17-16(19-13)20-9-2-3-10-20/h4-5,7-8,12H,2-3,6,9-11H2,1H3. The highest BCUT2D eigenvalue weighted by molar-refractivity contribution is 6.05. The van der Waals surface area contributed by atoms with Crippen LogP contribution in [0.1, 0.15) is 36.7 Å². The van der Waals surface area contributed by atoms with Gasteiger partial charge in [-0.2, -0.15) is 5.10 Å². The van der Waals surface area contributed by atoms with Crippen LogP contribution in [0.25, 0.3) is 0 Å². The average molecular weight is 312 g/mol. The normalized spacial score (nSPS) is 20.7. The van der Waals surface area contributed by atoms with Gasteiger partial charge >= 0.3 is 0 Å². The first-order chi connectivity index (χ1) is 11.2. The highest BCUT2D eigenvalue weighted by Crippen LogP contribution is 2.26. The van der Waals surface area contributed by atoms with Crippen LogP contribution in [0, 0.1) is 0 Å². The first kappa shape index (κ1) is 14.2. The van der Waals surface area contributed by atoms with Gasteiger partial charge in [0.25, 0.3) is 5.91 Å². The number of aryl methyl sites for hydroxylation is 1. The Morgan fingerprint density at radius 1 is 1.17 bits per heavy atom. The second kappa shape index (κ2) is 5.64. The second-order valence-corrected chi connectivity index (χ2v) is 6.16. The van der Waals surface area contributed by atoms with Crippen molar-refractivity contribution in [2.75, 3.05) is 22.9 Å². The van der Waals surface area contributed by atoms with Gasteiger partial charge in [-0.1, -0.05) is 0 Å². The van der Waals surface area contributed by atoms with E-state index in [0.717, 1.165) is 44.7 Å². The van der Waals surface area contributed by atoms with Gasteiger partial charge in [0.15, 0.2) is 0 Å². The summed E-state index contributed by atoms with van der Waals surface area (Å²) in [6, 6.07) is 3.72. The van der Waals surface area contributed by atoms with Crippen LogP contribution in [0.15, 0.2) is 24.5 Å². The Morgan fingerprint density at radius 2 is 2.00 bits per heavy atom. The monoisotopic (exact) mass is 312 g/mol. The largest absolute Gasteiger partial charge is 0.341 e. The summed E-state index contributed by atoms with van der Waals surface area (Å²) in [5, 5.41) is 4.28. The number of rotatable bonds is 2. The van der Waals surface area contributed by atoms with Crippen LogP contribution in [0.3, 0.4) is 0 Å². The number of aromatic nitrogens is 4. The number of amides is 1. The molecule has 0 aliphatic carbocycles. The molecule has 1 atom stereocenters. The van der Waals surface area contributed by atoms with E-state index in [1.165, 1.54) is 0 Å². The molecule has 120 valence electrons. The van der Waals surface area contributed by atoms with Crippen molar-refractivity contribution in [2.45, 2.75) is 38.8 Å². The molecule has 7 heteroatoms. The number of fused-ring (bicyclic) bond motifs is 1. The van der Waals surface area contributed by atoms with Crippen molar-refractivity contribution in [1.82, 2.24) is 19.7 Å². The van der Waals surface area contributed by atoms with E-state index >= 15 is 0 Å². The van der Waals surface area contributed by atoms with Gasteiger partial charge in [0.2, 0.25) is 5.95 Å². The molecule has 0 radical (unpaired) electrons. The summed E-state index contributed by atoms with van der Waals surface area (Å²) < 4.78 is 1.88. The van der Waals surface area contributed by atoms with Gasteiger partial charge in [-0.25, -0.2) is 14.6 Å². The van der Waals surface area contributed by atoms with Crippen LogP contribution in [0.4, 0.5) is 11.8 Å². The Balaban J connectivity index is 1.66. The number of carbonyl (C=O) groups is 1. The number of hydrogen-bond donors (Lipinski definition) is 0. The van der Waals surface area contributed by atoms with Gasteiger partial charge in [-0.05, 0) is 32.3 Å². The molecule has 0 saturated carbocycles. The van der Waals surface area contributed by atoms with E-state index in [2.05, 4.69) is 26.9 Å². The van der Waals surface area contributed by atoms with Gasteiger partial charge in [-0.15, -0.1) is 0 Å². The molecule has 23 heavy (non-hydrogen) atoms. The quantitative estimate of drug-likeness (QED) is 0.844. The summed E-state index contributed by atoms with van der Waals surface area (Å²) >= 11 is 0. The van der Waals surface area contributed by atoms with Crippen LogP contribution in [0.5, 0.6) is 0 Å². The molecular formula is C16H20N6O. The second-order valence-electron chi connectivity index (χ2n) is 6.16. The molecule has 1 saturated heterocycles. The summed E-state index contributed by atoms with van der Waals surface area (Å²) in [6.07, 6.45) is 6.63. The van der Waals surface area contributed by atoms with Crippen molar-refractivity contribution >= 4 is 17.7 Å². The lowest BCUT2D eigenvalue weighted by Gasteiger charge is -2.33. The number of anilines is 2. The van der Waals surface area contributed by atoms with Crippen LogP contribution in [0.2, 0.25) is 0 Å². The summed E-state index contributed by atoms with van der Waals surface area (Å²) in [5.74, 6) is 1.42. The summed E-state index contributed by atoms with van der Waals surface area (Å²) in [4.78, 5) is 25.8. The lowest BCUT2D eigenvalue weighted by atomic mass is 10.1. The number of hydrogen-bond acceptors (Lipinski definition) is 5. The van der Waals surface area contributed by atoms with Crippen molar-refractivity contribution in [2.24, 2.45) is 0 Å². The fraction of sp³-hybridized carbons (Fsp3) is 0.500. The minimum absolute atomic E-state index is 0.0817. The van der Waals surface area contributed by atoms with Crippen molar-refractivity contribution in [3.8, 4) is 0 Å². The van der Waals surface area contributed by atoms with E-state index in [0.29, 0.717) is 11.6 Å². The third-order valence-corrected chi connectivity index (χ3v) is 4.61. The van der Waals surface area contributed by atoms with E-state index in [-0.39, 0.29) is 11.9 Å². The average Bonchev–Trinajstić information content (AvgIpc) is 3.26. The maximum Gasteiger partial charge on any atom is 0.278 e. The summed E-state index contributed by atoms with van der Waals surface area (Å²) in [6.45, 7) is 4.84. The molecular weight excluding hydrogens is 292 g/mol. The molecule has 4 rings (SSSR count). The Hall–Kier alpha value is -2.44. The molecule has 1 unspecified atom stereocenters. The molecule has 2 aliphatic heterocycles. The van der Waals surface area contributed by atoms with Gasteiger partial charge in [0.05, 0.1) is 6.20 Å². The van der Waals surface area contributed by atoms with Crippen LogP contribution < -0.4 is 9.80 Å². The maximum atomic E-state index is 13.0. The van der Waals surface area contributed by atoms with E-state index in [1.54, 1.807) is 23.4 Å². The van der Waals surface area contributed by atoms with E-state index in [9.17, 15) is 4.79 Å². The van der Waals surface area contributed by atoms with Gasteiger partial charge in [-0.3, -0.25) is 9.69 Å². The fourth-order valence-electron chi connectivity index (χ4n) is 3.33. The molecule has 2 aromatic heterocycles. The third kappa shape index (κ3) is 2.46. The van der Waals surface area contributed by atoms with E-state index < -0.39 is 0 Å². The molecule has 7 nitrogen and oxygen atoms in total. The minimum atomic E-state index is -0.0817. The Morgan fingerprint density at radius 3 is 2.83 bits per heavy atom. The molecule has 1 amide bonds. The van der Waals surface area contributed by atoms with E-state index in [4.69, 9.17) is 0 Å². The molecule has 0 N–H and O–H groups in total. The van der Waals surface area contributed by atoms with Crippen LogP contribution in [-0.2, 0) is 6.54 Å². The van der Waals surface area contributed by atoms with Crippen molar-refractivity contribution in [1.29, 1.82) is 0 Å². The van der Waals surface area contributed by atoms with Crippen molar-refractivity contribution in [3.63, 3.8) is 0 Å². The molecule has 1 fully saturated rings. The third-order valence-electron chi connectivity index (χ3n) is 4.61. The predicted molar refractivity (Wildman–Crippen MR) is 86.6 cm³/mol. The summed E-state index contributed by atoms with van der Waals surface area (Å²) in [5.41, 5.74) is 0.448. The maximum absolute atomic E-state index is 13.0. The lowest BCUT2D eigenvalue weighted by molar-refractivity contribution is 0.0965. The molecule has 0 aromatic carbocycles. The first-order valence-electron chi connectivity index (χ1n) is 8.17. The van der Waals surface area contributed by atoms with Crippen molar-refractivity contribution in [3.05, 3.63) is 30.2 Å². The van der Waals surface area contributed by atoms with Gasteiger partial charge in [0, 0.05) is 37.9 Å². The smallest absolute Gasteiger partial charge is 0.278 e. The fourth-order valence-corrected chi connectivity index (χ4v) is 3.33. The van der Waals surface area contributed by atoms with Gasteiger partial charge in [0.1, 0.15) is 11.5 Å². The highest BCUT2D eigenvalue weighted by Gasteiger charge is 2.30. The Bertz CT molecular complexity index is 721. The minimum Gasteiger partial charge on any atom is -0.341 e. The van der Waals surface area contributed by atoms with Crippen molar-refractivity contribution < 1.29 is 4.79 Å². The topological polar surface area (TPSA) is 67.2 Å². The zero-order valence-corrected chi connectivity index (χ0v) is 13.2. The van der Waals surface area contributed by atoms with Crippen LogP contribution in [-0.4, -0.2) is 44.8 Å². The number of carbonyl (C=O) groups excluding carboxylic acids is 1. The lowest BCUT2D eigenvalue weighted by Crippen LogP contribution is -2.44. The first-order valence-corrected chi connectivity index (χ1v) is 8.17. The number of nitrogens with zero attached hydrogens (tertiary/aromatic N) is 6. The molecule has 0 spiro atoms. The zero-order valence-electron chi connectivity index (χ0n) is 13.2.